The molecular formula is C38H32NO2P. The Hall–Kier alpha value is -4.07. The van der Waals surface area contributed by atoms with Crippen molar-refractivity contribution in [3.05, 3.63) is 148 Å². The van der Waals surface area contributed by atoms with E-state index in [1.165, 1.54) is 55.6 Å². The molecule has 0 N–H and O–H groups in total. The number of rotatable bonds is 3. The van der Waals surface area contributed by atoms with Gasteiger partial charge in [0.05, 0.1) is 6.04 Å². The summed E-state index contributed by atoms with van der Waals surface area (Å²) in [6, 6.07) is 37.8. The van der Waals surface area contributed by atoms with E-state index in [4.69, 9.17) is 9.05 Å². The van der Waals surface area contributed by atoms with Gasteiger partial charge in [-0.15, -0.1) is 0 Å². The third-order valence-corrected chi connectivity index (χ3v) is 11.4. The van der Waals surface area contributed by atoms with Gasteiger partial charge < -0.3 is 9.05 Å². The van der Waals surface area contributed by atoms with Gasteiger partial charge in [0.25, 0.3) is 0 Å². The number of aryl methyl sites for hydroxylation is 4. The number of nitrogens with zero attached hydrogens (tertiary/aromatic N) is 1. The Bertz CT molecular complexity index is 1780. The lowest BCUT2D eigenvalue weighted by Crippen LogP contribution is -2.30. The van der Waals surface area contributed by atoms with E-state index in [2.05, 4.69) is 122 Å². The Morgan fingerprint density at radius 3 is 1.71 bits per heavy atom. The largest absolute Gasteiger partial charge is 0.422 e. The van der Waals surface area contributed by atoms with Crippen molar-refractivity contribution >= 4 is 14.2 Å². The van der Waals surface area contributed by atoms with Crippen LogP contribution in [-0.2, 0) is 18.3 Å². The fraction of sp³-hybridized carbons (Fsp3) is 0.211. The highest BCUT2D eigenvalue weighted by atomic mass is 31.2. The molecule has 3 aliphatic carbocycles. The van der Waals surface area contributed by atoms with E-state index in [0.717, 1.165) is 42.9 Å². The van der Waals surface area contributed by atoms with Gasteiger partial charge in [0.1, 0.15) is 11.5 Å². The molecule has 3 nitrogen and oxygen atoms in total. The Kier molecular flexibility index (Phi) is 5.23. The minimum Gasteiger partial charge on any atom is -0.422 e. The van der Waals surface area contributed by atoms with E-state index in [1.807, 2.05) is 0 Å². The monoisotopic (exact) mass is 565 g/mol. The Labute approximate surface area is 248 Å². The molecular weight excluding hydrogens is 533 g/mol. The molecule has 4 heteroatoms. The van der Waals surface area contributed by atoms with Crippen molar-refractivity contribution in [2.45, 2.75) is 51.0 Å². The minimum absolute atomic E-state index is 0.0173. The molecule has 0 fully saturated rings. The summed E-state index contributed by atoms with van der Waals surface area (Å²) in [6.45, 7) is 4.36. The smallest absolute Gasteiger partial charge is 0.418 e. The van der Waals surface area contributed by atoms with Gasteiger partial charge in [0.2, 0.25) is 0 Å². The Morgan fingerprint density at radius 1 is 0.643 bits per heavy atom. The molecule has 1 aliphatic heterocycles. The Balaban J connectivity index is 1.31. The van der Waals surface area contributed by atoms with E-state index >= 15 is 0 Å². The fourth-order valence-corrected chi connectivity index (χ4v) is 9.94. The van der Waals surface area contributed by atoms with E-state index in [0.29, 0.717) is 0 Å². The summed E-state index contributed by atoms with van der Waals surface area (Å²) in [6.07, 6.45) is 4.42. The maximum absolute atomic E-state index is 7.24. The third-order valence-electron chi connectivity index (χ3n) is 9.87. The van der Waals surface area contributed by atoms with Gasteiger partial charge >= 0.3 is 8.53 Å². The summed E-state index contributed by atoms with van der Waals surface area (Å²) in [4.78, 5) is 0. The first-order chi connectivity index (χ1) is 20.6. The maximum Gasteiger partial charge on any atom is 0.418 e. The molecule has 5 aromatic rings. The number of anilines is 1. The summed E-state index contributed by atoms with van der Waals surface area (Å²) in [5, 5.41) is 0. The first kappa shape index (κ1) is 24.5. The number of hydrogen-bond donors (Lipinski definition) is 0. The van der Waals surface area contributed by atoms with Crippen LogP contribution in [-0.4, -0.2) is 0 Å². The quantitative estimate of drug-likeness (QED) is 0.203. The predicted octanol–water partition coefficient (Wildman–Crippen LogP) is 9.76. The van der Waals surface area contributed by atoms with Crippen molar-refractivity contribution in [1.82, 2.24) is 0 Å². The fourth-order valence-electron chi connectivity index (χ4n) is 8.34. The molecule has 0 saturated heterocycles. The number of fused-ring (bicyclic) bond motifs is 3. The van der Waals surface area contributed by atoms with Crippen LogP contribution in [0.5, 0.6) is 11.5 Å². The summed E-state index contributed by atoms with van der Waals surface area (Å²) < 4.78 is 16.9. The zero-order chi connectivity index (χ0) is 28.0. The van der Waals surface area contributed by atoms with Crippen molar-refractivity contribution in [1.29, 1.82) is 0 Å². The van der Waals surface area contributed by atoms with Crippen LogP contribution in [0.25, 0.3) is 11.1 Å². The van der Waals surface area contributed by atoms with Crippen LogP contribution >= 0.6 is 8.53 Å². The first-order valence-corrected chi connectivity index (χ1v) is 16.2. The highest BCUT2D eigenvalue weighted by Crippen LogP contribution is 2.64. The lowest BCUT2D eigenvalue weighted by atomic mass is 9.76. The molecule has 42 heavy (non-hydrogen) atoms. The molecule has 1 spiro atoms. The molecule has 0 bridgehead atoms. The van der Waals surface area contributed by atoms with Crippen molar-refractivity contribution in [3.63, 3.8) is 0 Å². The standard InChI is InChI=1S/C38H32NO2P/c1-24-21-25(2)23-28(22-24)39(37-31-13-5-3-11-29(31)30-12-4-6-14-32(30)37)42-40-33-15-7-9-26-17-19-38(35(26)33)20-18-27-10-8-16-34(41-42)36(27)38/h3-16,21-23,37H,17-20H2,1-2H3. The van der Waals surface area contributed by atoms with Crippen LogP contribution < -0.4 is 13.7 Å². The number of benzene rings is 5. The molecule has 5 aromatic carbocycles. The molecule has 0 saturated carbocycles. The highest BCUT2D eigenvalue weighted by molar-refractivity contribution is 7.50. The molecule has 0 unspecified atom stereocenters. The summed E-state index contributed by atoms with van der Waals surface area (Å²) in [5.41, 5.74) is 14.4. The highest BCUT2D eigenvalue weighted by Gasteiger charge is 2.51. The van der Waals surface area contributed by atoms with Gasteiger partial charge in [0.15, 0.2) is 0 Å². The molecule has 0 aromatic heterocycles. The lowest BCUT2D eigenvalue weighted by Gasteiger charge is -2.40. The van der Waals surface area contributed by atoms with E-state index in [9.17, 15) is 0 Å². The average Bonchev–Trinajstić information content (AvgIpc) is 3.66. The van der Waals surface area contributed by atoms with Gasteiger partial charge in [-0.05, 0) is 108 Å². The predicted molar refractivity (Wildman–Crippen MR) is 171 cm³/mol. The van der Waals surface area contributed by atoms with E-state index in [-0.39, 0.29) is 11.5 Å². The second kappa shape index (κ2) is 8.96. The van der Waals surface area contributed by atoms with Crippen LogP contribution in [0.15, 0.2) is 103 Å². The van der Waals surface area contributed by atoms with Crippen LogP contribution in [0, 0.1) is 13.8 Å². The van der Waals surface area contributed by atoms with Crippen molar-refractivity contribution in [2.24, 2.45) is 0 Å². The molecule has 4 aliphatic rings. The van der Waals surface area contributed by atoms with Gasteiger partial charge in [-0.2, -0.15) is 0 Å². The van der Waals surface area contributed by atoms with Crippen molar-refractivity contribution < 1.29 is 9.05 Å². The van der Waals surface area contributed by atoms with Gasteiger partial charge in [0, 0.05) is 22.2 Å². The minimum atomic E-state index is -1.59. The topological polar surface area (TPSA) is 21.7 Å². The second-order valence-electron chi connectivity index (χ2n) is 12.4. The molecule has 9 rings (SSSR count). The Morgan fingerprint density at radius 2 is 1.17 bits per heavy atom. The van der Waals surface area contributed by atoms with Crippen LogP contribution in [0.3, 0.4) is 0 Å². The summed E-state index contributed by atoms with van der Waals surface area (Å²) in [5.74, 6) is 1.99. The van der Waals surface area contributed by atoms with Gasteiger partial charge in [-0.1, -0.05) is 78.9 Å². The first-order valence-electron chi connectivity index (χ1n) is 15.1. The van der Waals surface area contributed by atoms with Crippen LogP contribution in [0.1, 0.15) is 63.4 Å². The van der Waals surface area contributed by atoms with Crippen LogP contribution in [0.2, 0.25) is 0 Å². The molecule has 0 radical (unpaired) electrons. The normalized spacial score (nSPS) is 17.3. The van der Waals surface area contributed by atoms with Gasteiger partial charge in [-0.3, -0.25) is 4.67 Å². The lowest BCUT2D eigenvalue weighted by molar-refractivity contribution is 0.422. The van der Waals surface area contributed by atoms with Gasteiger partial charge in [-0.25, -0.2) is 0 Å². The molecule has 0 amide bonds. The average molecular weight is 566 g/mol. The molecule has 0 atom stereocenters. The van der Waals surface area contributed by atoms with Crippen molar-refractivity contribution in [2.75, 3.05) is 4.67 Å². The zero-order valence-electron chi connectivity index (χ0n) is 23.9. The third kappa shape index (κ3) is 3.38. The van der Waals surface area contributed by atoms with E-state index < -0.39 is 8.53 Å². The molecule has 206 valence electrons. The second-order valence-corrected chi connectivity index (χ2v) is 13.6. The number of hydrogen-bond acceptors (Lipinski definition) is 3. The van der Waals surface area contributed by atoms with Crippen molar-refractivity contribution in [3.8, 4) is 22.6 Å². The van der Waals surface area contributed by atoms with E-state index in [1.54, 1.807) is 0 Å². The van der Waals surface area contributed by atoms with Crippen LogP contribution in [0.4, 0.5) is 5.69 Å². The zero-order valence-corrected chi connectivity index (χ0v) is 24.8. The SMILES string of the molecule is Cc1cc(C)cc(N(C2c3ccccc3-c3ccccc32)P2Oc3cccc4c3C3(CC4)CCc4cccc(c43)O2)c1. The molecule has 1 heterocycles. The summed E-state index contributed by atoms with van der Waals surface area (Å²) >= 11 is 0. The maximum atomic E-state index is 7.24. The summed E-state index contributed by atoms with van der Waals surface area (Å²) in [7, 11) is -1.59.